The second kappa shape index (κ2) is 9.28. The van der Waals surface area contributed by atoms with Gasteiger partial charge in [0.15, 0.2) is 0 Å². The maximum absolute atomic E-state index is 11.1. The molecule has 1 aliphatic heterocycles. The van der Waals surface area contributed by atoms with Crippen molar-refractivity contribution in [2.45, 2.75) is 50.4 Å². The number of aliphatic hydroxyl groups excluding tert-OH is 2. The minimum Gasteiger partial charge on any atom is -0.455 e. The Hall–Kier alpha value is -1.91. The third-order valence-electron chi connectivity index (χ3n) is 3.80. The molecule has 0 aliphatic carbocycles. The Balaban J connectivity index is 1.64. The summed E-state index contributed by atoms with van der Waals surface area (Å²) < 4.78 is 5.09. The summed E-state index contributed by atoms with van der Waals surface area (Å²) in [4.78, 5) is 11.1. The van der Waals surface area contributed by atoms with E-state index in [4.69, 9.17) is 4.74 Å². The Morgan fingerprint density at radius 1 is 1.22 bits per heavy atom. The number of ether oxygens (including phenoxy) is 1. The van der Waals surface area contributed by atoms with Crippen molar-refractivity contribution in [1.82, 2.24) is 0 Å². The maximum Gasteiger partial charge on any atom is 0.331 e. The van der Waals surface area contributed by atoms with Crippen LogP contribution in [0.2, 0.25) is 0 Å². The van der Waals surface area contributed by atoms with Crippen LogP contribution in [0.5, 0.6) is 0 Å². The normalized spacial score (nSPS) is 20.4. The minimum absolute atomic E-state index is 0.247. The standard InChI is InChI=1S/C19H24O4/c20-16(8-4-9-18-10-5-11-19(22)23-18)14-17(21)13-12-15-6-2-1-3-7-15/h1-7,9,11,16-18,20-21H,8,10,12-14H2/b9-4+/t16-,17-,18-/m0/s1. The summed E-state index contributed by atoms with van der Waals surface area (Å²) in [5, 5.41) is 20.0. The molecule has 0 unspecified atom stereocenters. The second-order valence-corrected chi connectivity index (χ2v) is 5.84. The second-order valence-electron chi connectivity index (χ2n) is 5.84. The molecule has 0 amide bonds. The smallest absolute Gasteiger partial charge is 0.331 e. The van der Waals surface area contributed by atoms with Gasteiger partial charge in [-0.3, -0.25) is 0 Å². The van der Waals surface area contributed by atoms with Crippen molar-refractivity contribution in [2.24, 2.45) is 0 Å². The SMILES string of the molecule is O=C1C=CC[C@H](/C=C/C[C@H](O)C[C@@H](O)CCc2ccccc2)O1. The van der Waals surface area contributed by atoms with Crippen molar-refractivity contribution in [3.8, 4) is 0 Å². The van der Waals surface area contributed by atoms with Gasteiger partial charge < -0.3 is 14.9 Å². The third-order valence-corrected chi connectivity index (χ3v) is 3.80. The van der Waals surface area contributed by atoms with E-state index < -0.39 is 12.2 Å². The van der Waals surface area contributed by atoms with Gasteiger partial charge in [-0.15, -0.1) is 0 Å². The molecule has 2 rings (SSSR count). The summed E-state index contributed by atoms with van der Waals surface area (Å²) in [5.74, 6) is -0.331. The molecular weight excluding hydrogens is 292 g/mol. The van der Waals surface area contributed by atoms with Crippen LogP contribution < -0.4 is 0 Å². The van der Waals surface area contributed by atoms with E-state index in [2.05, 4.69) is 0 Å². The molecule has 0 spiro atoms. The minimum atomic E-state index is -0.591. The largest absolute Gasteiger partial charge is 0.455 e. The summed E-state index contributed by atoms with van der Waals surface area (Å²) >= 11 is 0. The van der Waals surface area contributed by atoms with Crippen LogP contribution in [0.25, 0.3) is 0 Å². The molecule has 0 aromatic heterocycles. The van der Waals surface area contributed by atoms with E-state index in [1.807, 2.05) is 36.4 Å². The molecule has 0 saturated carbocycles. The van der Waals surface area contributed by atoms with Crippen molar-refractivity contribution < 1.29 is 19.7 Å². The van der Waals surface area contributed by atoms with Gasteiger partial charge in [-0.05, 0) is 37.3 Å². The molecule has 1 aromatic carbocycles. The predicted molar refractivity (Wildman–Crippen MR) is 88.8 cm³/mol. The third kappa shape index (κ3) is 6.80. The van der Waals surface area contributed by atoms with Crippen molar-refractivity contribution in [3.63, 3.8) is 0 Å². The van der Waals surface area contributed by atoms with Crippen LogP contribution in [0, 0.1) is 0 Å². The van der Waals surface area contributed by atoms with Crippen molar-refractivity contribution >= 4 is 5.97 Å². The monoisotopic (exact) mass is 316 g/mol. The first-order valence-corrected chi connectivity index (χ1v) is 8.07. The summed E-state index contributed by atoms with van der Waals surface area (Å²) in [7, 11) is 0. The maximum atomic E-state index is 11.1. The highest BCUT2D eigenvalue weighted by molar-refractivity contribution is 5.82. The van der Waals surface area contributed by atoms with E-state index in [0.29, 0.717) is 25.7 Å². The Bertz CT molecular complexity index is 536. The van der Waals surface area contributed by atoms with Gasteiger partial charge in [0.25, 0.3) is 0 Å². The van der Waals surface area contributed by atoms with Gasteiger partial charge in [0, 0.05) is 12.5 Å². The molecule has 0 bridgehead atoms. The predicted octanol–water partition coefficient (Wildman–Crippen LogP) is 2.55. The number of aliphatic hydroxyl groups is 2. The molecule has 1 aliphatic rings. The molecule has 1 aromatic rings. The summed E-state index contributed by atoms with van der Waals surface area (Å²) in [5.41, 5.74) is 1.19. The number of benzene rings is 1. The summed E-state index contributed by atoms with van der Waals surface area (Å²) in [6.07, 6.45) is 8.34. The Morgan fingerprint density at radius 3 is 2.74 bits per heavy atom. The number of aryl methyl sites for hydroxylation is 1. The molecule has 0 saturated heterocycles. The molecular formula is C19H24O4. The zero-order valence-corrected chi connectivity index (χ0v) is 13.2. The fourth-order valence-electron chi connectivity index (χ4n) is 2.55. The topological polar surface area (TPSA) is 66.8 Å². The molecule has 0 radical (unpaired) electrons. The van der Waals surface area contributed by atoms with E-state index in [-0.39, 0.29) is 12.1 Å². The first kappa shape index (κ1) is 17.4. The van der Waals surface area contributed by atoms with Crippen LogP contribution in [-0.4, -0.2) is 34.5 Å². The van der Waals surface area contributed by atoms with Gasteiger partial charge >= 0.3 is 5.97 Å². The molecule has 4 heteroatoms. The van der Waals surface area contributed by atoms with Crippen LogP contribution in [0.15, 0.2) is 54.6 Å². The Labute approximate surface area is 137 Å². The quantitative estimate of drug-likeness (QED) is 0.571. The van der Waals surface area contributed by atoms with Crippen molar-refractivity contribution in [3.05, 3.63) is 60.2 Å². The van der Waals surface area contributed by atoms with Gasteiger partial charge in [0.05, 0.1) is 12.2 Å². The van der Waals surface area contributed by atoms with Gasteiger partial charge in [-0.25, -0.2) is 4.79 Å². The number of hydrogen-bond donors (Lipinski definition) is 2. The van der Waals surface area contributed by atoms with Crippen LogP contribution in [0.1, 0.15) is 31.2 Å². The highest BCUT2D eigenvalue weighted by atomic mass is 16.5. The van der Waals surface area contributed by atoms with E-state index in [1.165, 1.54) is 11.6 Å². The lowest BCUT2D eigenvalue weighted by Gasteiger charge is -2.16. The number of cyclic esters (lactones) is 1. The average molecular weight is 316 g/mol. The van der Waals surface area contributed by atoms with E-state index in [9.17, 15) is 15.0 Å². The van der Waals surface area contributed by atoms with Crippen molar-refractivity contribution in [1.29, 1.82) is 0 Å². The summed E-state index contributed by atoms with van der Waals surface area (Å²) in [6.45, 7) is 0. The first-order chi connectivity index (χ1) is 11.1. The number of carbonyl (C=O) groups is 1. The Kier molecular flexibility index (Phi) is 7.04. The number of hydrogen-bond acceptors (Lipinski definition) is 4. The fraction of sp³-hybridized carbons (Fsp3) is 0.421. The van der Waals surface area contributed by atoms with Gasteiger partial charge in [-0.1, -0.05) is 42.5 Å². The van der Waals surface area contributed by atoms with E-state index in [1.54, 1.807) is 12.2 Å². The average Bonchev–Trinajstić information content (AvgIpc) is 2.54. The van der Waals surface area contributed by atoms with Gasteiger partial charge in [-0.2, -0.15) is 0 Å². The first-order valence-electron chi connectivity index (χ1n) is 8.07. The van der Waals surface area contributed by atoms with E-state index >= 15 is 0 Å². The molecule has 124 valence electrons. The zero-order valence-electron chi connectivity index (χ0n) is 13.2. The zero-order chi connectivity index (χ0) is 16.5. The molecule has 0 fully saturated rings. The molecule has 4 nitrogen and oxygen atoms in total. The molecule has 2 N–H and O–H groups in total. The molecule has 23 heavy (non-hydrogen) atoms. The Morgan fingerprint density at radius 2 is 2.00 bits per heavy atom. The lowest BCUT2D eigenvalue weighted by molar-refractivity contribution is -0.141. The van der Waals surface area contributed by atoms with Crippen LogP contribution in [0.3, 0.4) is 0 Å². The highest BCUT2D eigenvalue weighted by Gasteiger charge is 2.14. The van der Waals surface area contributed by atoms with Crippen molar-refractivity contribution in [2.75, 3.05) is 0 Å². The lowest BCUT2D eigenvalue weighted by atomic mass is 10.0. The van der Waals surface area contributed by atoms with E-state index in [0.717, 1.165) is 6.42 Å². The molecule has 1 heterocycles. The number of carbonyl (C=O) groups excluding carboxylic acids is 1. The highest BCUT2D eigenvalue weighted by Crippen LogP contribution is 2.13. The summed E-state index contributed by atoms with van der Waals surface area (Å²) in [6, 6.07) is 10.00. The van der Waals surface area contributed by atoms with Gasteiger partial charge in [0.2, 0.25) is 0 Å². The van der Waals surface area contributed by atoms with Crippen LogP contribution in [-0.2, 0) is 16.0 Å². The lowest BCUT2D eigenvalue weighted by Crippen LogP contribution is -2.19. The van der Waals surface area contributed by atoms with Gasteiger partial charge in [0.1, 0.15) is 6.10 Å². The molecule has 3 atom stereocenters. The van der Waals surface area contributed by atoms with Crippen LogP contribution in [0.4, 0.5) is 0 Å². The fourth-order valence-corrected chi connectivity index (χ4v) is 2.55. The number of rotatable bonds is 8. The van der Waals surface area contributed by atoms with Crippen LogP contribution >= 0.6 is 0 Å². The number of esters is 1.